The molecule has 0 heterocycles. The SMILES string of the molecule is CCC(=O)NNc1ccc(OC)cc1. The van der Waals surface area contributed by atoms with Crippen LogP contribution >= 0.6 is 0 Å². The zero-order valence-electron chi connectivity index (χ0n) is 8.33. The first-order chi connectivity index (χ1) is 6.76. The van der Waals surface area contributed by atoms with Crippen LogP contribution in [0, 0.1) is 0 Å². The smallest absolute Gasteiger partial charge is 0.238 e. The van der Waals surface area contributed by atoms with E-state index in [9.17, 15) is 4.79 Å². The highest BCUT2D eigenvalue weighted by molar-refractivity contribution is 5.76. The Labute approximate surface area is 83.2 Å². The van der Waals surface area contributed by atoms with Gasteiger partial charge in [0.05, 0.1) is 12.8 Å². The van der Waals surface area contributed by atoms with E-state index < -0.39 is 0 Å². The Morgan fingerprint density at radius 3 is 2.50 bits per heavy atom. The summed E-state index contributed by atoms with van der Waals surface area (Å²) in [6.07, 6.45) is 0.461. The second-order valence-corrected chi connectivity index (χ2v) is 2.76. The average molecular weight is 194 g/mol. The van der Waals surface area contributed by atoms with Gasteiger partial charge in [-0.2, -0.15) is 0 Å². The summed E-state index contributed by atoms with van der Waals surface area (Å²) in [7, 11) is 1.61. The predicted octanol–water partition coefficient (Wildman–Crippen LogP) is 1.55. The van der Waals surface area contributed by atoms with Gasteiger partial charge in [-0.25, -0.2) is 0 Å². The Morgan fingerprint density at radius 1 is 1.36 bits per heavy atom. The molecule has 1 aromatic rings. The molecule has 1 rings (SSSR count). The fraction of sp³-hybridized carbons (Fsp3) is 0.300. The number of carbonyl (C=O) groups is 1. The number of ether oxygens (including phenoxy) is 1. The third-order valence-corrected chi connectivity index (χ3v) is 1.76. The maximum Gasteiger partial charge on any atom is 0.238 e. The van der Waals surface area contributed by atoms with Crippen molar-refractivity contribution >= 4 is 11.6 Å². The van der Waals surface area contributed by atoms with Gasteiger partial charge in [0.25, 0.3) is 0 Å². The summed E-state index contributed by atoms with van der Waals surface area (Å²) in [5, 5.41) is 0. The largest absolute Gasteiger partial charge is 0.497 e. The molecule has 0 saturated heterocycles. The number of nitrogens with one attached hydrogen (secondary N) is 2. The molecule has 0 radical (unpaired) electrons. The van der Waals surface area contributed by atoms with E-state index in [1.165, 1.54) is 0 Å². The van der Waals surface area contributed by atoms with Gasteiger partial charge in [-0.15, -0.1) is 0 Å². The summed E-state index contributed by atoms with van der Waals surface area (Å²) in [4.78, 5) is 10.9. The van der Waals surface area contributed by atoms with Gasteiger partial charge in [0.15, 0.2) is 0 Å². The molecule has 0 aliphatic rings. The number of rotatable bonds is 4. The average Bonchev–Trinajstić information content (AvgIpc) is 2.26. The number of hydrazine groups is 1. The number of methoxy groups -OCH3 is 1. The Kier molecular flexibility index (Phi) is 3.79. The van der Waals surface area contributed by atoms with Crippen molar-refractivity contribution < 1.29 is 9.53 Å². The van der Waals surface area contributed by atoms with Gasteiger partial charge in [0.1, 0.15) is 5.75 Å². The van der Waals surface area contributed by atoms with Crippen molar-refractivity contribution in [2.45, 2.75) is 13.3 Å². The summed E-state index contributed by atoms with van der Waals surface area (Å²) in [5.41, 5.74) is 6.17. The maximum atomic E-state index is 10.9. The van der Waals surface area contributed by atoms with Crippen molar-refractivity contribution in [2.75, 3.05) is 12.5 Å². The highest BCUT2D eigenvalue weighted by Crippen LogP contribution is 2.13. The Hall–Kier alpha value is -1.71. The van der Waals surface area contributed by atoms with Gasteiger partial charge in [-0.3, -0.25) is 15.6 Å². The van der Waals surface area contributed by atoms with Crippen LogP contribution in [0.25, 0.3) is 0 Å². The molecule has 0 saturated carbocycles. The van der Waals surface area contributed by atoms with Crippen LogP contribution in [0.5, 0.6) is 5.75 Å². The van der Waals surface area contributed by atoms with E-state index in [2.05, 4.69) is 10.9 Å². The third kappa shape index (κ3) is 2.97. The summed E-state index contributed by atoms with van der Waals surface area (Å²) < 4.78 is 5.00. The van der Waals surface area contributed by atoms with Crippen molar-refractivity contribution in [3.05, 3.63) is 24.3 Å². The summed E-state index contributed by atoms with van der Waals surface area (Å²) in [5.74, 6) is 0.748. The standard InChI is InChI=1S/C10H14N2O2/c1-3-10(13)12-11-8-4-6-9(14-2)7-5-8/h4-7,11H,3H2,1-2H3,(H,12,13). The molecule has 0 spiro atoms. The molecule has 0 bridgehead atoms. The molecule has 0 aromatic heterocycles. The molecule has 4 heteroatoms. The molecular weight excluding hydrogens is 180 g/mol. The molecule has 0 aliphatic carbocycles. The lowest BCUT2D eigenvalue weighted by Gasteiger charge is -2.07. The van der Waals surface area contributed by atoms with E-state index in [0.717, 1.165) is 11.4 Å². The molecule has 1 aromatic carbocycles. The lowest BCUT2D eigenvalue weighted by molar-refractivity contribution is -0.120. The highest BCUT2D eigenvalue weighted by atomic mass is 16.5. The number of benzene rings is 1. The van der Waals surface area contributed by atoms with E-state index in [4.69, 9.17) is 4.74 Å². The second-order valence-electron chi connectivity index (χ2n) is 2.76. The first-order valence-electron chi connectivity index (χ1n) is 4.45. The molecule has 2 N–H and O–H groups in total. The molecule has 0 fully saturated rings. The van der Waals surface area contributed by atoms with E-state index in [1.807, 2.05) is 24.3 Å². The fourth-order valence-electron chi connectivity index (χ4n) is 0.905. The van der Waals surface area contributed by atoms with Gasteiger partial charge in [0, 0.05) is 6.42 Å². The molecule has 1 amide bonds. The quantitative estimate of drug-likeness (QED) is 0.715. The van der Waals surface area contributed by atoms with Gasteiger partial charge in [0.2, 0.25) is 5.91 Å². The summed E-state index contributed by atoms with van der Waals surface area (Å²) >= 11 is 0. The minimum Gasteiger partial charge on any atom is -0.497 e. The van der Waals surface area contributed by atoms with Crippen LogP contribution < -0.4 is 15.6 Å². The van der Waals surface area contributed by atoms with Crippen LogP contribution in [-0.2, 0) is 4.79 Å². The normalized spacial score (nSPS) is 9.29. The molecule has 0 atom stereocenters. The Bertz CT molecular complexity index is 295. The van der Waals surface area contributed by atoms with Crippen LogP contribution in [0.4, 0.5) is 5.69 Å². The fourth-order valence-corrected chi connectivity index (χ4v) is 0.905. The molecule has 0 aliphatic heterocycles. The van der Waals surface area contributed by atoms with Crippen molar-refractivity contribution in [2.24, 2.45) is 0 Å². The molecular formula is C10H14N2O2. The number of carbonyl (C=O) groups excluding carboxylic acids is 1. The zero-order chi connectivity index (χ0) is 10.4. The van der Waals surface area contributed by atoms with Crippen molar-refractivity contribution in [1.82, 2.24) is 5.43 Å². The molecule has 0 unspecified atom stereocenters. The van der Waals surface area contributed by atoms with Crippen LogP contribution in [0.15, 0.2) is 24.3 Å². The minimum absolute atomic E-state index is 0.0409. The summed E-state index contributed by atoms with van der Waals surface area (Å²) in [6, 6.07) is 7.30. The second kappa shape index (κ2) is 5.11. The van der Waals surface area contributed by atoms with Crippen LogP contribution in [0.3, 0.4) is 0 Å². The van der Waals surface area contributed by atoms with Gasteiger partial charge >= 0.3 is 0 Å². The lowest BCUT2D eigenvalue weighted by atomic mass is 10.3. The van der Waals surface area contributed by atoms with E-state index in [1.54, 1.807) is 14.0 Å². The van der Waals surface area contributed by atoms with Gasteiger partial charge < -0.3 is 4.74 Å². The van der Waals surface area contributed by atoms with Gasteiger partial charge in [-0.05, 0) is 24.3 Å². The molecule has 14 heavy (non-hydrogen) atoms. The minimum atomic E-state index is -0.0409. The van der Waals surface area contributed by atoms with Crippen molar-refractivity contribution in [3.63, 3.8) is 0 Å². The predicted molar refractivity (Wildman–Crippen MR) is 55.1 cm³/mol. The number of hydrogen-bond donors (Lipinski definition) is 2. The topological polar surface area (TPSA) is 50.4 Å². The molecule has 76 valence electrons. The van der Waals surface area contributed by atoms with Gasteiger partial charge in [-0.1, -0.05) is 6.92 Å². The Balaban J connectivity index is 2.47. The van der Waals surface area contributed by atoms with Crippen molar-refractivity contribution in [1.29, 1.82) is 0 Å². The maximum absolute atomic E-state index is 10.9. The first-order valence-corrected chi connectivity index (χ1v) is 4.45. The Morgan fingerprint density at radius 2 is 2.00 bits per heavy atom. The van der Waals surface area contributed by atoms with Crippen molar-refractivity contribution in [3.8, 4) is 5.75 Å². The first kappa shape index (κ1) is 10.4. The van der Waals surface area contributed by atoms with Crippen LogP contribution in [0.1, 0.15) is 13.3 Å². The number of hydrogen-bond acceptors (Lipinski definition) is 3. The third-order valence-electron chi connectivity index (χ3n) is 1.76. The monoisotopic (exact) mass is 194 g/mol. The van der Waals surface area contributed by atoms with E-state index in [0.29, 0.717) is 6.42 Å². The molecule has 4 nitrogen and oxygen atoms in total. The van der Waals surface area contributed by atoms with E-state index >= 15 is 0 Å². The van der Waals surface area contributed by atoms with Crippen LogP contribution in [0.2, 0.25) is 0 Å². The number of anilines is 1. The lowest BCUT2D eigenvalue weighted by Crippen LogP contribution is -2.28. The number of amides is 1. The summed E-state index contributed by atoms with van der Waals surface area (Å²) in [6.45, 7) is 1.80. The zero-order valence-corrected chi connectivity index (χ0v) is 8.33. The highest BCUT2D eigenvalue weighted by Gasteiger charge is 1.96. The van der Waals surface area contributed by atoms with E-state index in [-0.39, 0.29) is 5.91 Å². The van der Waals surface area contributed by atoms with Crippen LogP contribution in [-0.4, -0.2) is 13.0 Å².